The molecule has 3 rings (SSSR count). The normalized spacial score (nSPS) is 21.5. The Labute approximate surface area is 167 Å². The largest absolute Gasteiger partial charge is 0.498 e. The molecular weight excluding hydrogens is 359 g/mol. The van der Waals surface area contributed by atoms with E-state index in [-0.39, 0.29) is 16.7 Å². The number of nitro groups is 1. The van der Waals surface area contributed by atoms with Crippen LogP contribution in [0.4, 0.5) is 11.4 Å². The van der Waals surface area contributed by atoms with E-state index >= 15 is 0 Å². The van der Waals surface area contributed by atoms with Crippen LogP contribution in [0, 0.1) is 10.1 Å². The molecule has 2 aliphatic rings. The first-order chi connectivity index (χ1) is 13.1. The van der Waals surface area contributed by atoms with Crippen LogP contribution in [0.2, 0.25) is 0 Å². The van der Waals surface area contributed by atoms with E-state index in [1.54, 1.807) is 6.07 Å². The van der Waals surface area contributed by atoms with Gasteiger partial charge in [-0.05, 0) is 47.5 Å². The van der Waals surface area contributed by atoms with Crippen molar-refractivity contribution in [3.63, 3.8) is 0 Å². The van der Waals surface area contributed by atoms with Crippen LogP contribution >= 0.6 is 0 Å². The van der Waals surface area contributed by atoms with Gasteiger partial charge < -0.3 is 19.4 Å². The summed E-state index contributed by atoms with van der Waals surface area (Å²) >= 11 is 0. The third kappa shape index (κ3) is 4.13. The van der Waals surface area contributed by atoms with Crippen LogP contribution in [0.1, 0.15) is 66.7 Å². The van der Waals surface area contributed by atoms with Crippen molar-refractivity contribution < 1.29 is 19.0 Å². The van der Waals surface area contributed by atoms with Crippen molar-refractivity contribution in [2.45, 2.75) is 84.0 Å². The molecule has 1 heterocycles. The molecule has 0 spiro atoms. The molecule has 0 bridgehead atoms. The second kappa shape index (κ2) is 7.91. The van der Waals surface area contributed by atoms with E-state index in [1.165, 1.54) is 12.5 Å². The number of hydrogen-bond acceptors (Lipinski definition) is 6. The van der Waals surface area contributed by atoms with Gasteiger partial charge in [-0.1, -0.05) is 19.3 Å². The summed E-state index contributed by atoms with van der Waals surface area (Å²) in [6, 6.07) is 3.53. The average molecular weight is 390 g/mol. The van der Waals surface area contributed by atoms with Gasteiger partial charge in [-0.15, -0.1) is 0 Å². The van der Waals surface area contributed by atoms with Gasteiger partial charge in [0, 0.05) is 23.6 Å². The molecule has 0 atom stereocenters. The van der Waals surface area contributed by atoms with E-state index in [9.17, 15) is 10.1 Å². The molecule has 0 aromatic heterocycles. The summed E-state index contributed by atoms with van der Waals surface area (Å²) in [4.78, 5) is 11.4. The lowest BCUT2D eigenvalue weighted by Crippen LogP contribution is -2.41. The molecule has 8 heteroatoms. The fraction of sp³-hybridized carbons (Fsp3) is 0.700. The summed E-state index contributed by atoms with van der Waals surface area (Å²) < 4.78 is 18.1. The topological polar surface area (TPSA) is 82.9 Å². The number of nitrogens with zero attached hydrogens (tertiary/aromatic N) is 1. The summed E-state index contributed by atoms with van der Waals surface area (Å²) in [5.74, 6) is 0.560. The zero-order valence-corrected chi connectivity index (χ0v) is 17.5. The molecule has 1 aliphatic heterocycles. The summed E-state index contributed by atoms with van der Waals surface area (Å²) in [5, 5.41) is 15.2. The van der Waals surface area contributed by atoms with Gasteiger partial charge in [0.1, 0.15) is 11.4 Å². The minimum atomic E-state index is -0.714. The van der Waals surface area contributed by atoms with E-state index in [0.717, 1.165) is 25.7 Å². The zero-order chi connectivity index (χ0) is 20.5. The Morgan fingerprint density at radius 3 is 2.32 bits per heavy atom. The van der Waals surface area contributed by atoms with Crippen molar-refractivity contribution >= 4 is 24.0 Å². The molecule has 2 fully saturated rings. The SMILES string of the molecule is CCOc1cc(NC2CCCCC2)c([N+](=O)[O-])cc1B1OC(C)(C)C(C)(C)O1. The molecule has 1 aromatic carbocycles. The number of nitrogens with one attached hydrogen (secondary N) is 1. The number of hydrogen-bond donors (Lipinski definition) is 1. The van der Waals surface area contributed by atoms with E-state index in [4.69, 9.17) is 14.0 Å². The van der Waals surface area contributed by atoms with Crippen molar-refractivity contribution in [3.8, 4) is 5.75 Å². The third-order valence-electron chi connectivity index (χ3n) is 6.10. The molecule has 0 amide bonds. The first-order valence-corrected chi connectivity index (χ1v) is 10.2. The highest BCUT2D eigenvalue weighted by Crippen LogP contribution is 2.39. The van der Waals surface area contributed by atoms with Crippen LogP contribution in [-0.4, -0.2) is 35.9 Å². The average Bonchev–Trinajstić information content (AvgIpc) is 2.83. The Morgan fingerprint density at radius 1 is 1.18 bits per heavy atom. The summed E-state index contributed by atoms with van der Waals surface area (Å²) in [6.07, 6.45) is 5.58. The van der Waals surface area contributed by atoms with Gasteiger partial charge in [0.2, 0.25) is 0 Å². The lowest BCUT2D eigenvalue weighted by molar-refractivity contribution is -0.383. The first kappa shape index (κ1) is 20.9. The Balaban J connectivity index is 1.98. The van der Waals surface area contributed by atoms with Gasteiger partial charge in [-0.3, -0.25) is 10.1 Å². The second-order valence-electron chi connectivity index (χ2n) is 8.66. The van der Waals surface area contributed by atoms with Crippen LogP contribution in [0.15, 0.2) is 12.1 Å². The molecule has 7 nitrogen and oxygen atoms in total. The summed E-state index contributed by atoms with van der Waals surface area (Å²) in [5.41, 5.74) is 0.0185. The monoisotopic (exact) mass is 390 g/mol. The summed E-state index contributed by atoms with van der Waals surface area (Å²) in [6.45, 7) is 10.2. The second-order valence-corrected chi connectivity index (χ2v) is 8.66. The maximum atomic E-state index is 11.8. The highest BCUT2D eigenvalue weighted by atomic mass is 16.7. The molecule has 1 aromatic rings. The van der Waals surface area contributed by atoms with Crippen molar-refractivity contribution in [3.05, 3.63) is 22.2 Å². The van der Waals surface area contributed by atoms with Crippen molar-refractivity contribution in [1.29, 1.82) is 0 Å². The predicted octanol–water partition coefficient (Wildman–Crippen LogP) is 4.04. The van der Waals surface area contributed by atoms with Crippen LogP contribution in [0.3, 0.4) is 0 Å². The highest BCUT2D eigenvalue weighted by Gasteiger charge is 2.53. The van der Waals surface area contributed by atoms with Gasteiger partial charge in [0.15, 0.2) is 0 Å². The quantitative estimate of drug-likeness (QED) is 0.449. The zero-order valence-electron chi connectivity index (χ0n) is 17.5. The highest BCUT2D eigenvalue weighted by molar-refractivity contribution is 6.63. The van der Waals surface area contributed by atoms with Gasteiger partial charge in [-0.25, -0.2) is 0 Å². The number of ether oxygens (including phenoxy) is 1. The Kier molecular flexibility index (Phi) is 5.91. The molecule has 0 radical (unpaired) electrons. The number of benzene rings is 1. The lowest BCUT2D eigenvalue weighted by Gasteiger charge is -2.32. The minimum absolute atomic E-state index is 0.0266. The third-order valence-corrected chi connectivity index (χ3v) is 6.10. The van der Waals surface area contributed by atoms with Crippen LogP contribution in [0.5, 0.6) is 5.75 Å². The summed E-state index contributed by atoms with van der Waals surface area (Å²) in [7, 11) is -0.714. The Morgan fingerprint density at radius 2 is 1.79 bits per heavy atom. The number of nitro benzene ring substituents is 1. The number of rotatable bonds is 6. The van der Waals surface area contributed by atoms with E-state index in [2.05, 4.69) is 5.32 Å². The van der Waals surface area contributed by atoms with E-state index in [1.807, 2.05) is 34.6 Å². The molecule has 1 N–H and O–H groups in total. The molecule has 1 saturated carbocycles. The van der Waals surface area contributed by atoms with Crippen molar-refractivity contribution in [2.24, 2.45) is 0 Å². The predicted molar refractivity (Wildman–Crippen MR) is 110 cm³/mol. The maximum Gasteiger partial charge on any atom is 0.498 e. The molecule has 28 heavy (non-hydrogen) atoms. The molecule has 1 aliphatic carbocycles. The number of anilines is 1. The fourth-order valence-electron chi connectivity index (χ4n) is 3.75. The van der Waals surface area contributed by atoms with Crippen LogP contribution in [-0.2, 0) is 9.31 Å². The van der Waals surface area contributed by atoms with E-state index < -0.39 is 18.3 Å². The van der Waals surface area contributed by atoms with Gasteiger partial charge in [-0.2, -0.15) is 0 Å². The standard InChI is InChI=1S/C20H31BN2O5/c1-6-26-18-13-16(22-14-10-8-7-9-11-14)17(23(24)25)12-15(18)21-27-19(2,3)20(4,5)28-21/h12-14,22H,6-11H2,1-5H3. The maximum absolute atomic E-state index is 11.8. The van der Waals surface area contributed by atoms with Gasteiger partial charge in [0.05, 0.1) is 22.7 Å². The lowest BCUT2D eigenvalue weighted by atomic mass is 9.77. The minimum Gasteiger partial charge on any atom is -0.494 e. The Hall–Kier alpha value is -1.80. The van der Waals surface area contributed by atoms with Crippen LogP contribution < -0.4 is 15.5 Å². The van der Waals surface area contributed by atoms with Crippen LogP contribution in [0.25, 0.3) is 0 Å². The molecule has 154 valence electrons. The van der Waals surface area contributed by atoms with Gasteiger partial charge >= 0.3 is 7.12 Å². The van der Waals surface area contributed by atoms with Crippen molar-refractivity contribution in [1.82, 2.24) is 0 Å². The smallest absolute Gasteiger partial charge is 0.494 e. The van der Waals surface area contributed by atoms with Crippen molar-refractivity contribution in [2.75, 3.05) is 11.9 Å². The molecule has 0 unspecified atom stereocenters. The molecule has 1 saturated heterocycles. The Bertz CT molecular complexity index is 716. The van der Waals surface area contributed by atoms with E-state index in [0.29, 0.717) is 23.5 Å². The first-order valence-electron chi connectivity index (χ1n) is 10.2. The molecular formula is C20H31BN2O5. The van der Waals surface area contributed by atoms with Gasteiger partial charge in [0.25, 0.3) is 5.69 Å². The fourth-order valence-corrected chi connectivity index (χ4v) is 3.75.